The average Bonchev–Trinajstić information content (AvgIpc) is 2.98. The second-order valence-electron chi connectivity index (χ2n) is 10.8. The standard InChI is InChI=1S/C32H34N4/c1-9-33-10-2-23(1)27-17-28(24-3-11-34-12-4-24)20-31(19-27)32-21-29(25-5-13-35-14-6-25)18-30(22-32)26-7-15-36-16-8-26/h1-16,27-32H,17-22H2. The lowest BCUT2D eigenvalue weighted by Gasteiger charge is -2.44. The first-order chi connectivity index (χ1) is 17.8. The maximum Gasteiger partial charge on any atom is 0.0270 e. The SMILES string of the molecule is c1cc(C2CC(c3ccncc3)CC(C3CC(c4ccncc4)CC(c4ccncc4)C3)C2)ccn1. The molecule has 6 rings (SSSR count). The van der Waals surface area contributed by atoms with Gasteiger partial charge in [0.25, 0.3) is 0 Å². The van der Waals surface area contributed by atoms with E-state index < -0.39 is 0 Å². The Balaban J connectivity index is 1.32. The Hall–Kier alpha value is -3.40. The monoisotopic (exact) mass is 474 g/mol. The van der Waals surface area contributed by atoms with Crippen LogP contribution in [-0.4, -0.2) is 19.9 Å². The summed E-state index contributed by atoms with van der Waals surface area (Å²) in [6, 6.07) is 17.9. The molecule has 0 aromatic carbocycles. The first-order valence-corrected chi connectivity index (χ1v) is 13.4. The molecule has 0 radical (unpaired) electrons. The van der Waals surface area contributed by atoms with Gasteiger partial charge in [0.1, 0.15) is 0 Å². The van der Waals surface area contributed by atoms with Crippen LogP contribution < -0.4 is 0 Å². The molecular weight excluding hydrogens is 440 g/mol. The summed E-state index contributed by atoms with van der Waals surface area (Å²) in [6.07, 6.45) is 23.1. The highest BCUT2D eigenvalue weighted by atomic mass is 14.6. The molecule has 2 fully saturated rings. The Morgan fingerprint density at radius 3 is 0.778 bits per heavy atom. The lowest BCUT2D eigenvalue weighted by Crippen LogP contribution is -2.31. The third-order valence-electron chi connectivity index (χ3n) is 8.86. The predicted molar refractivity (Wildman–Crippen MR) is 143 cm³/mol. The molecule has 4 nitrogen and oxygen atoms in total. The molecule has 4 atom stereocenters. The fraction of sp³-hybridized carbons (Fsp3) is 0.375. The van der Waals surface area contributed by atoms with Crippen molar-refractivity contribution in [1.82, 2.24) is 19.9 Å². The smallest absolute Gasteiger partial charge is 0.0270 e. The molecule has 0 saturated heterocycles. The molecule has 0 N–H and O–H groups in total. The van der Waals surface area contributed by atoms with Crippen LogP contribution in [-0.2, 0) is 0 Å². The van der Waals surface area contributed by atoms with Gasteiger partial charge in [0, 0.05) is 49.6 Å². The summed E-state index contributed by atoms with van der Waals surface area (Å²) in [5.41, 5.74) is 5.78. The van der Waals surface area contributed by atoms with Crippen molar-refractivity contribution in [3.63, 3.8) is 0 Å². The van der Waals surface area contributed by atoms with Crippen molar-refractivity contribution in [2.45, 2.75) is 62.2 Å². The molecule has 4 aromatic rings. The fourth-order valence-electron chi connectivity index (χ4n) is 7.13. The summed E-state index contributed by atoms with van der Waals surface area (Å²) in [7, 11) is 0. The largest absolute Gasteiger partial charge is 0.265 e. The highest BCUT2D eigenvalue weighted by Gasteiger charge is 2.39. The summed E-state index contributed by atoms with van der Waals surface area (Å²) in [5, 5.41) is 0. The lowest BCUT2D eigenvalue weighted by molar-refractivity contribution is 0.147. The zero-order valence-electron chi connectivity index (χ0n) is 20.7. The van der Waals surface area contributed by atoms with Crippen molar-refractivity contribution in [2.75, 3.05) is 0 Å². The van der Waals surface area contributed by atoms with Gasteiger partial charge in [0.15, 0.2) is 0 Å². The predicted octanol–water partition coefficient (Wildman–Crippen LogP) is 7.30. The van der Waals surface area contributed by atoms with Crippen molar-refractivity contribution in [3.05, 3.63) is 120 Å². The van der Waals surface area contributed by atoms with E-state index in [0.29, 0.717) is 35.5 Å². The number of pyridine rings is 4. The van der Waals surface area contributed by atoms with Crippen molar-refractivity contribution < 1.29 is 0 Å². The van der Waals surface area contributed by atoms with Gasteiger partial charge in [-0.3, -0.25) is 19.9 Å². The minimum Gasteiger partial charge on any atom is -0.265 e. The number of hydrogen-bond donors (Lipinski definition) is 0. The first-order valence-electron chi connectivity index (χ1n) is 13.4. The summed E-state index contributed by atoms with van der Waals surface area (Å²) in [6.45, 7) is 0. The van der Waals surface area contributed by atoms with Crippen molar-refractivity contribution in [2.24, 2.45) is 11.8 Å². The van der Waals surface area contributed by atoms with Crippen LogP contribution in [0.3, 0.4) is 0 Å². The minimum atomic E-state index is 0.575. The van der Waals surface area contributed by atoms with E-state index in [9.17, 15) is 0 Å². The molecule has 4 heterocycles. The van der Waals surface area contributed by atoms with E-state index in [1.807, 2.05) is 49.6 Å². The number of nitrogens with zero attached hydrogens (tertiary/aromatic N) is 4. The van der Waals surface area contributed by atoms with Gasteiger partial charge >= 0.3 is 0 Å². The first kappa shape index (κ1) is 23.0. The molecule has 0 spiro atoms. The summed E-state index contributed by atoms with van der Waals surface area (Å²) >= 11 is 0. The van der Waals surface area contributed by atoms with Gasteiger partial charge in [-0.2, -0.15) is 0 Å². The van der Waals surface area contributed by atoms with E-state index in [1.165, 1.54) is 60.8 Å². The molecule has 0 aliphatic heterocycles. The quantitative estimate of drug-likeness (QED) is 0.304. The Labute approximate surface area is 214 Å². The Morgan fingerprint density at radius 2 is 0.556 bits per heavy atom. The highest BCUT2D eigenvalue weighted by molar-refractivity contribution is 5.25. The summed E-state index contributed by atoms with van der Waals surface area (Å²) in [5.74, 6) is 3.69. The van der Waals surface area contributed by atoms with Gasteiger partial charge in [-0.15, -0.1) is 0 Å². The topological polar surface area (TPSA) is 51.6 Å². The molecule has 0 bridgehead atoms. The number of aromatic nitrogens is 4. The van der Waals surface area contributed by atoms with Crippen LogP contribution in [0.2, 0.25) is 0 Å². The van der Waals surface area contributed by atoms with Crippen LogP contribution in [0, 0.1) is 11.8 Å². The van der Waals surface area contributed by atoms with Crippen molar-refractivity contribution in [3.8, 4) is 0 Å². The molecule has 2 aliphatic carbocycles. The third kappa shape index (κ3) is 5.09. The summed E-state index contributed by atoms with van der Waals surface area (Å²) < 4.78 is 0. The van der Waals surface area contributed by atoms with E-state index in [2.05, 4.69) is 68.5 Å². The van der Waals surface area contributed by atoms with Crippen LogP contribution in [0.5, 0.6) is 0 Å². The van der Waals surface area contributed by atoms with Crippen molar-refractivity contribution >= 4 is 0 Å². The van der Waals surface area contributed by atoms with Crippen LogP contribution in [0.25, 0.3) is 0 Å². The van der Waals surface area contributed by atoms with E-state index >= 15 is 0 Å². The van der Waals surface area contributed by atoms with E-state index in [1.54, 1.807) is 0 Å². The normalized spacial score (nSPS) is 28.4. The van der Waals surface area contributed by atoms with E-state index in [-0.39, 0.29) is 0 Å². The molecule has 0 amide bonds. The van der Waals surface area contributed by atoms with E-state index in [4.69, 9.17) is 0 Å². The van der Waals surface area contributed by atoms with Gasteiger partial charge in [-0.25, -0.2) is 0 Å². The second kappa shape index (κ2) is 10.7. The maximum absolute atomic E-state index is 4.29. The Bertz CT molecular complexity index is 1020. The molecular formula is C32H34N4. The van der Waals surface area contributed by atoms with Gasteiger partial charge in [0.2, 0.25) is 0 Å². The fourth-order valence-corrected chi connectivity index (χ4v) is 7.13. The van der Waals surface area contributed by atoms with Crippen LogP contribution in [0.15, 0.2) is 98.1 Å². The molecule has 2 saturated carbocycles. The zero-order chi connectivity index (χ0) is 24.2. The Kier molecular flexibility index (Phi) is 6.84. The lowest BCUT2D eigenvalue weighted by atomic mass is 9.60. The van der Waals surface area contributed by atoms with Gasteiger partial charge < -0.3 is 0 Å². The van der Waals surface area contributed by atoms with Gasteiger partial charge in [-0.05, 0) is 145 Å². The molecule has 182 valence electrons. The second-order valence-corrected chi connectivity index (χ2v) is 10.8. The summed E-state index contributed by atoms with van der Waals surface area (Å²) in [4.78, 5) is 17.2. The highest BCUT2D eigenvalue weighted by Crippen LogP contribution is 2.53. The molecule has 4 unspecified atom stereocenters. The van der Waals surface area contributed by atoms with Gasteiger partial charge in [-0.1, -0.05) is 0 Å². The molecule has 36 heavy (non-hydrogen) atoms. The van der Waals surface area contributed by atoms with Crippen LogP contribution >= 0.6 is 0 Å². The van der Waals surface area contributed by atoms with Crippen LogP contribution in [0.1, 0.15) is 84.5 Å². The van der Waals surface area contributed by atoms with E-state index in [0.717, 1.165) is 0 Å². The average molecular weight is 475 g/mol. The zero-order valence-corrected chi connectivity index (χ0v) is 20.7. The molecule has 4 heteroatoms. The minimum absolute atomic E-state index is 0.575. The van der Waals surface area contributed by atoms with Crippen LogP contribution in [0.4, 0.5) is 0 Å². The van der Waals surface area contributed by atoms with Crippen molar-refractivity contribution in [1.29, 1.82) is 0 Å². The number of rotatable bonds is 5. The third-order valence-corrected chi connectivity index (χ3v) is 8.86. The maximum atomic E-state index is 4.29. The molecule has 4 aromatic heterocycles. The van der Waals surface area contributed by atoms with Gasteiger partial charge in [0.05, 0.1) is 0 Å². The molecule has 2 aliphatic rings. The number of hydrogen-bond acceptors (Lipinski definition) is 4. The Morgan fingerprint density at radius 1 is 0.333 bits per heavy atom.